The van der Waals surface area contributed by atoms with Gasteiger partial charge in [-0.1, -0.05) is 12.1 Å². The van der Waals surface area contributed by atoms with Crippen LogP contribution in [0.4, 0.5) is 5.69 Å². The lowest BCUT2D eigenvalue weighted by Gasteiger charge is -2.32. The van der Waals surface area contributed by atoms with E-state index in [1.54, 1.807) is 18.1 Å². The SMILES string of the molecule is CC1(C)OB(/C=C/c2c(N)cc[nH]c2=O)OC1(C)C. The third kappa shape index (κ3) is 2.59. The largest absolute Gasteiger partial charge is 0.487 e. The molecular weight excluding hydrogens is 243 g/mol. The van der Waals surface area contributed by atoms with E-state index in [-0.39, 0.29) is 5.56 Å². The molecule has 2 rings (SSSR count). The molecule has 3 N–H and O–H groups in total. The number of nitrogens with two attached hydrogens (primary N) is 1. The molecule has 1 aromatic heterocycles. The van der Waals surface area contributed by atoms with Crippen molar-refractivity contribution in [2.24, 2.45) is 0 Å². The van der Waals surface area contributed by atoms with Crippen LogP contribution in [0.2, 0.25) is 0 Å². The van der Waals surface area contributed by atoms with Gasteiger partial charge < -0.3 is 20.0 Å². The van der Waals surface area contributed by atoms with Crippen molar-refractivity contribution in [2.45, 2.75) is 38.9 Å². The van der Waals surface area contributed by atoms with E-state index < -0.39 is 18.3 Å². The van der Waals surface area contributed by atoms with Crippen molar-refractivity contribution >= 4 is 18.9 Å². The first-order chi connectivity index (χ1) is 8.73. The van der Waals surface area contributed by atoms with Crippen molar-refractivity contribution in [2.75, 3.05) is 5.73 Å². The van der Waals surface area contributed by atoms with Crippen LogP contribution in [-0.2, 0) is 9.31 Å². The fraction of sp³-hybridized carbons (Fsp3) is 0.462. The molecule has 0 spiro atoms. The number of aromatic amines is 1. The number of nitrogens with one attached hydrogen (secondary N) is 1. The second-order valence-electron chi connectivity index (χ2n) is 5.66. The van der Waals surface area contributed by atoms with E-state index in [2.05, 4.69) is 4.98 Å². The first-order valence-electron chi connectivity index (χ1n) is 6.24. The monoisotopic (exact) mass is 262 g/mol. The maximum atomic E-state index is 11.6. The molecule has 1 saturated heterocycles. The number of rotatable bonds is 2. The zero-order valence-electron chi connectivity index (χ0n) is 11.7. The number of H-pyrrole nitrogens is 1. The molecule has 5 nitrogen and oxygen atoms in total. The molecule has 102 valence electrons. The summed E-state index contributed by atoms with van der Waals surface area (Å²) in [6.45, 7) is 7.91. The number of hydrogen-bond donors (Lipinski definition) is 2. The molecule has 0 unspecified atom stereocenters. The van der Waals surface area contributed by atoms with Crippen LogP contribution in [0, 0.1) is 0 Å². The Hall–Kier alpha value is -1.53. The number of nitrogen functional groups attached to an aromatic ring is 1. The van der Waals surface area contributed by atoms with Crippen LogP contribution in [0.25, 0.3) is 6.08 Å². The van der Waals surface area contributed by atoms with E-state index in [0.717, 1.165) is 0 Å². The third-order valence-corrected chi connectivity index (χ3v) is 3.72. The minimum Gasteiger partial charge on any atom is -0.400 e. The molecule has 0 radical (unpaired) electrons. The molecule has 19 heavy (non-hydrogen) atoms. The molecule has 1 aromatic rings. The topological polar surface area (TPSA) is 77.3 Å². The molecule has 2 heterocycles. The summed E-state index contributed by atoms with van der Waals surface area (Å²) in [5.74, 6) is 1.71. The molecule has 6 heteroatoms. The molecule has 0 aromatic carbocycles. The lowest BCUT2D eigenvalue weighted by Crippen LogP contribution is -2.41. The predicted molar refractivity (Wildman–Crippen MR) is 76.6 cm³/mol. The molecular formula is C13H19BN2O3. The standard InChI is InChI=1S/C13H19BN2O3/c1-12(2)13(3,4)19-14(18-12)7-5-9-10(15)6-8-16-11(9)17/h5-8H,1-4H3,(H3,15,16,17)/b7-5+. The Morgan fingerprint density at radius 2 is 1.84 bits per heavy atom. The molecule has 0 bridgehead atoms. The lowest BCUT2D eigenvalue weighted by atomic mass is 9.89. The minimum atomic E-state index is -0.482. The van der Waals surface area contributed by atoms with Crippen molar-refractivity contribution in [3.05, 3.63) is 34.2 Å². The Bertz CT molecular complexity index is 547. The van der Waals surface area contributed by atoms with Gasteiger partial charge in [0.1, 0.15) is 0 Å². The fourth-order valence-corrected chi connectivity index (χ4v) is 1.82. The van der Waals surface area contributed by atoms with E-state index in [9.17, 15) is 4.79 Å². The zero-order chi connectivity index (χ0) is 14.3. The summed E-state index contributed by atoms with van der Waals surface area (Å²) in [5.41, 5.74) is 5.59. The minimum absolute atomic E-state index is 0.229. The highest BCUT2D eigenvalue weighted by Gasteiger charge is 2.50. The van der Waals surface area contributed by atoms with Crippen LogP contribution in [-0.4, -0.2) is 23.3 Å². The van der Waals surface area contributed by atoms with Gasteiger partial charge in [-0.15, -0.1) is 0 Å². The Morgan fingerprint density at radius 3 is 2.37 bits per heavy atom. The summed E-state index contributed by atoms with van der Waals surface area (Å²) in [6.07, 6.45) is 3.15. The fourth-order valence-electron chi connectivity index (χ4n) is 1.82. The number of anilines is 1. The van der Waals surface area contributed by atoms with Crippen LogP contribution >= 0.6 is 0 Å². The summed E-state index contributed by atoms with van der Waals surface area (Å²) >= 11 is 0. The van der Waals surface area contributed by atoms with Crippen molar-refractivity contribution in [1.82, 2.24) is 4.98 Å². The highest BCUT2D eigenvalue weighted by molar-refractivity contribution is 6.52. The summed E-state index contributed by atoms with van der Waals surface area (Å²) in [4.78, 5) is 14.2. The highest BCUT2D eigenvalue weighted by atomic mass is 16.7. The summed E-state index contributed by atoms with van der Waals surface area (Å²) in [6, 6.07) is 1.64. The van der Waals surface area contributed by atoms with Crippen molar-refractivity contribution in [3.8, 4) is 0 Å². The van der Waals surface area contributed by atoms with E-state index in [0.29, 0.717) is 11.3 Å². The summed E-state index contributed by atoms with van der Waals surface area (Å²) < 4.78 is 11.6. The molecule has 0 atom stereocenters. The van der Waals surface area contributed by atoms with Gasteiger partial charge in [0.15, 0.2) is 0 Å². The van der Waals surface area contributed by atoms with E-state index in [1.807, 2.05) is 27.7 Å². The van der Waals surface area contributed by atoms with Crippen LogP contribution in [0.3, 0.4) is 0 Å². The van der Waals surface area contributed by atoms with Crippen molar-refractivity contribution in [1.29, 1.82) is 0 Å². The zero-order valence-corrected chi connectivity index (χ0v) is 11.7. The van der Waals surface area contributed by atoms with Gasteiger partial charge in [-0.3, -0.25) is 4.79 Å². The van der Waals surface area contributed by atoms with Gasteiger partial charge in [0.25, 0.3) is 5.56 Å². The summed E-state index contributed by atoms with van der Waals surface area (Å²) in [5, 5.41) is 0. The van der Waals surface area contributed by atoms with E-state index in [1.165, 1.54) is 6.20 Å². The number of aromatic nitrogens is 1. The first kappa shape index (κ1) is 13.9. The van der Waals surface area contributed by atoms with E-state index >= 15 is 0 Å². The average molecular weight is 262 g/mol. The van der Waals surface area contributed by atoms with Crippen molar-refractivity contribution in [3.63, 3.8) is 0 Å². The van der Waals surface area contributed by atoms with E-state index in [4.69, 9.17) is 15.0 Å². The van der Waals surface area contributed by atoms with Crippen LogP contribution in [0.15, 0.2) is 23.0 Å². The molecule has 0 aliphatic carbocycles. The Morgan fingerprint density at radius 1 is 1.26 bits per heavy atom. The molecule has 1 aliphatic rings. The van der Waals surface area contributed by atoms with Gasteiger partial charge >= 0.3 is 7.12 Å². The number of pyridine rings is 1. The predicted octanol–water partition coefficient (Wildman–Crippen LogP) is 1.60. The smallest absolute Gasteiger partial charge is 0.400 e. The Balaban J connectivity index is 2.20. The third-order valence-electron chi connectivity index (χ3n) is 3.72. The Kier molecular flexibility index (Phi) is 3.32. The molecule has 0 saturated carbocycles. The van der Waals surface area contributed by atoms with Gasteiger partial charge in [0.2, 0.25) is 0 Å². The van der Waals surface area contributed by atoms with Crippen LogP contribution < -0.4 is 11.3 Å². The molecule has 0 amide bonds. The second-order valence-corrected chi connectivity index (χ2v) is 5.66. The van der Waals surface area contributed by atoms with Crippen LogP contribution in [0.5, 0.6) is 0 Å². The summed E-state index contributed by atoms with van der Waals surface area (Å²) in [7, 11) is -0.482. The van der Waals surface area contributed by atoms with Gasteiger partial charge in [0.05, 0.1) is 16.8 Å². The lowest BCUT2D eigenvalue weighted by molar-refractivity contribution is 0.00578. The van der Waals surface area contributed by atoms with Gasteiger partial charge in [-0.2, -0.15) is 0 Å². The van der Waals surface area contributed by atoms with Gasteiger partial charge in [0, 0.05) is 11.9 Å². The average Bonchev–Trinajstić information content (AvgIpc) is 2.46. The van der Waals surface area contributed by atoms with Gasteiger partial charge in [-0.05, 0) is 33.8 Å². The van der Waals surface area contributed by atoms with Crippen molar-refractivity contribution < 1.29 is 9.31 Å². The van der Waals surface area contributed by atoms with Gasteiger partial charge in [-0.25, -0.2) is 0 Å². The molecule has 1 aliphatic heterocycles. The first-order valence-corrected chi connectivity index (χ1v) is 6.24. The Labute approximate surface area is 112 Å². The maximum absolute atomic E-state index is 11.6. The highest BCUT2D eigenvalue weighted by Crippen LogP contribution is 2.36. The molecule has 1 fully saturated rings. The normalized spacial score (nSPS) is 21.2. The number of hydrogen-bond acceptors (Lipinski definition) is 4. The maximum Gasteiger partial charge on any atom is 0.487 e. The quantitative estimate of drug-likeness (QED) is 0.793. The second kappa shape index (κ2) is 4.54. The van der Waals surface area contributed by atoms with Crippen LogP contribution in [0.1, 0.15) is 33.3 Å².